The van der Waals surface area contributed by atoms with Gasteiger partial charge in [-0.2, -0.15) is 0 Å². The summed E-state index contributed by atoms with van der Waals surface area (Å²) in [5, 5.41) is 3.50. The van der Waals surface area contributed by atoms with Crippen LogP contribution in [0.15, 0.2) is 18.2 Å². The SMILES string of the molecule is O=C1NC(CN2CCCCC2)C(=O)N1c1ccc(Cl)cc1Cl. The summed E-state index contributed by atoms with van der Waals surface area (Å²) in [4.78, 5) is 28.0. The van der Waals surface area contributed by atoms with E-state index in [0.29, 0.717) is 17.3 Å². The van der Waals surface area contributed by atoms with Gasteiger partial charge in [-0.1, -0.05) is 29.6 Å². The van der Waals surface area contributed by atoms with Crippen LogP contribution >= 0.6 is 23.2 Å². The predicted molar refractivity (Wildman–Crippen MR) is 86.6 cm³/mol. The Labute approximate surface area is 139 Å². The number of halogens is 2. The maximum absolute atomic E-state index is 12.6. The smallest absolute Gasteiger partial charge is 0.324 e. The lowest BCUT2D eigenvalue weighted by Crippen LogP contribution is -2.44. The molecule has 0 aliphatic carbocycles. The molecule has 2 saturated heterocycles. The van der Waals surface area contributed by atoms with Gasteiger partial charge in [0.05, 0.1) is 10.7 Å². The van der Waals surface area contributed by atoms with Crippen LogP contribution < -0.4 is 10.2 Å². The van der Waals surface area contributed by atoms with Gasteiger partial charge in [-0.05, 0) is 44.1 Å². The minimum absolute atomic E-state index is 0.264. The molecule has 1 atom stereocenters. The van der Waals surface area contributed by atoms with E-state index < -0.39 is 12.1 Å². The molecular weight excluding hydrogens is 325 g/mol. The van der Waals surface area contributed by atoms with Crippen molar-refractivity contribution in [3.05, 3.63) is 28.2 Å². The second kappa shape index (κ2) is 6.44. The first kappa shape index (κ1) is 15.6. The van der Waals surface area contributed by atoms with Crippen molar-refractivity contribution in [2.75, 3.05) is 24.5 Å². The monoisotopic (exact) mass is 341 g/mol. The molecule has 1 unspecified atom stereocenters. The number of amides is 3. The summed E-state index contributed by atoms with van der Waals surface area (Å²) >= 11 is 12.0. The number of rotatable bonds is 3. The predicted octanol–water partition coefficient (Wildman–Crippen LogP) is 2.90. The number of benzene rings is 1. The lowest BCUT2D eigenvalue weighted by molar-refractivity contribution is -0.118. The third kappa shape index (κ3) is 3.07. The number of hydrogen-bond acceptors (Lipinski definition) is 3. The standard InChI is InChI=1S/C15H17Cl2N3O2/c16-10-4-5-13(11(17)8-10)20-14(21)12(18-15(20)22)9-19-6-2-1-3-7-19/h4-5,8,12H,1-3,6-7,9H2,(H,18,22). The third-order valence-corrected chi connectivity index (χ3v) is 4.60. The number of piperidine rings is 1. The minimum Gasteiger partial charge on any atom is -0.324 e. The molecule has 0 radical (unpaired) electrons. The Morgan fingerprint density at radius 1 is 1.14 bits per heavy atom. The van der Waals surface area contributed by atoms with Gasteiger partial charge < -0.3 is 10.2 Å². The first-order valence-corrected chi connectivity index (χ1v) is 8.14. The van der Waals surface area contributed by atoms with Gasteiger partial charge in [-0.25, -0.2) is 9.69 Å². The fraction of sp³-hybridized carbons (Fsp3) is 0.467. The van der Waals surface area contributed by atoms with Crippen LogP contribution in [0.2, 0.25) is 10.0 Å². The van der Waals surface area contributed by atoms with Crippen molar-refractivity contribution in [2.24, 2.45) is 0 Å². The Bertz CT molecular complexity index is 602. The summed E-state index contributed by atoms with van der Waals surface area (Å²) < 4.78 is 0. The zero-order valence-electron chi connectivity index (χ0n) is 12.0. The van der Waals surface area contributed by atoms with Crippen LogP contribution in [0.3, 0.4) is 0 Å². The molecule has 3 amide bonds. The first-order valence-electron chi connectivity index (χ1n) is 7.38. The molecule has 0 saturated carbocycles. The summed E-state index contributed by atoms with van der Waals surface area (Å²) in [5.41, 5.74) is 0.370. The summed E-state index contributed by atoms with van der Waals surface area (Å²) in [6.07, 6.45) is 3.51. The number of carbonyl (C=O) groups excluding carboxylic acids is 2. The van der Waals surface area contributed by atoms with Crippen LogP contribution in [-0.4, -0.2) is 42.5 Å². The van der Waals surface area contributed by atoms with E-state index >= 15 is 0 Å². The van der Waals surface area contributed by atoms with Crippen molar-refractivity contribution in [1.82, 2.24) is 10.2 Å². The van der Waals surface area contributed by atoms with Crippen molar-refractivity contribution in [1.29, 1.82) is 0 Å². The average molecular weight is 342 g/mol. The van der Waals surface area contributed by atoms with Crippen LogP contribution in [0.4, 0.5) is 10.5 Å². The topological polar surface area (TPSA) is 52.7 Å². The zero-order chi connectivity index (χ0) is 15.7. The Balaban J connectivity index is 1.76. The molecule has 2 heterocycles. The number of nitrogens with one attached hydrogen (secondary N) is 1. The Morgan fingerprint density at radius 2 is 1.86 bits per heavy atom. The van der Waals surface area contributed by atoms with Crippen molar-refractivity contribution in [3.8, 4) is 0 Å². The van der Waals surface area contributed by atoms with Crippen molar-refractivity contribution in [2.45, 2.75) is 25.3 Å². The number of urea groups is 1. The normalized spacial score (nSPS) is 23.0. The molecule has 0 spiro atoms. The molecule has 3 rings (SSSR count). The highest BCUT2D eigenvalue weighted by Crippen LogP contribution is 2.31. The Hall–Kier alpha value is -1.30. The number of nitrogens with zero attached hydrogens (tertiary/aromatic N) is 2. The lowest BCUT2D eigenvalue weighted by atomic mass is 10.1. The number of anilines is 1. The molecule has 2 aliphatic rings. The second-order valence-corrected chi connectivity index (χ2v) is 6.48. The van der Waals surface area contributed by atoms with E-state index in [1.807, 2.05) is 0 Å². The quantitative estimate of drug-likeness (QED) is 0.860. The molecule has 7 heteroatoms. The highest BCUT2D eigenvalue weighted by atomic mass is 35.5. The second-order valence-electron chi connectivity index (χ2n) is 5.63. The first-order chi connectivity index (χ1) is 10.6. The van der Waals surface area contributed by atoms with Gasteiger partial charge >= 0.3 is 6.03 Å². The third-order valence-electron chi connectivity index (χ3n) is 4.06. The zero-order valence-corrected chi connectivity index (χ0v) is 13.5. The van der Waals surface area contributed by atoms with Gasteiger partial charge in [0.15, 0.2) is 0 Å². The molecule has 1 N–H and O–H groups in total. The Kier molecular flexibility index (Phi) is 4.57. The molecule has 5 nitrogen and oxygen atoms in total. The number of carbonyl (C=O) groups is 2. The lowest BCUT2D eigenvalue weighted by Gasteiger charge is -2.28. The molecular formula is C15H17Cl2N3O2. The van der Waals surface area contributed by atoms with E-state index in [9.17, 15) is 9.59 Å². The average Bonchev–Trinajstić information content (AvgIpc) is 2.75. The van der Waals surface area contributed by atoms with Crippen LogP contribution in [-0.2, 0) is 4.79 Å². The summed E-state index contributed by atoms with van der Waals surface area (Å²) in [7, 11) is 0. The summed E-state index contributed by atoms with van der Waals surface area (Å²) in [6.45, 7) is 2.50. The van der Waals surface area contributed by atoms with E-state index in [0.717, 1.165) is 30.8 Å². The van der Waals surface area contributed by atoms with E-state index in [1.165, 1.54) is 12.5 Å². The van der Waals surface area contributed by atoms with Crippen molar-refractivity contribution < 1.29 is 9.59 Å². The van der Waals surface area contributed by atoms with Gasteiger partial charge in [-0.3, -0.25) is 4.79 Å². The van der Waals surface area contributed by atoms with E-state index in [1.54, 1.807) is 12.1 Å². The largest absolute Gasteiger partial charge is 0.329 e. The van der Waals surface area contributed by atoms with E-state index in [2.05, 4.69) is 10.2 Å². The molecule has 118 valence electrons. The van der Waals surface area contributed by atoms with Gasteiger partial charge in [0, 0.05) is 11.6 Å². The fourth-order valence-electron chi connectivity index (χ4n) is 2.95. The Morgan fingerprint density at radius 3 is 2.55 bits per heavy atom. The van der Waals surface area contributed by atoms with Gasteiger partial charge in [0.1, 0.15) is 6.04 Å². The number of imide groups is 1. The van der Waals surface area contributed by atoms with Crippen LogP contribution in [0.1, 0.15) is 19.3 Å². The van der Waals surface area contributed by atoms with Crippen molar-refractivity contribution in [3.63, 3.8) is 0 Å². The molecule has 0 bridgehead atoms. The molecule has 2 fully saturated rings. The van der Waals surface area contributed by atoms with Gasteiger partial charge in [-0.15, -0.1) is 0 Å². The fourth-order valence-corrected chi connectivity index (χ4v) is 3.44. The minimum atomic E-state index is -0.516. The molecule has 22 heavy (non-hydrogen) atoms. The van der Waals surface area contributed by atoms with Crippen LogP contribution in [0.5, 0.6) is 0 Å². The van der Waals surface area contributed by atoms with E-state index in [4.69, 9.17) is 23.2 Å². The highest BCUT2D eigenvalue weighted by molar-refractivity contribution is 6.38. The highest BCUT2D eigenvalue weighted by Gasteiger charge is 2.40. The summed E-state index contributed by atoms with van der Waals surface area (Å²) in [6, 6.07) is 3.78. The molecule has 1 aromatic carbocycles. The van der Waals surface area contributed by atoms with Gasteiger partial charge in [0.2, 0.25) is 0 Å². The number of hydrogen-bond donors (Lipinski definition) is 1. The molecule has 2 aliphatic heterocycles. The van der Waals surface area contributed by atoms with Crippen LogP contribution in [0.25, 0.3) is 0 Å². The summed E-state index contributed by atoms with van der Waals surface area (Å²) in [5.74, 6) is -0.264. The van der Waals surface area contributed by atoms with Crippen LogP contribution in [0, 0.1) is 0 Å². The van der Waals surface area contributed by atoms with Gasteiger partial charge in [0.25, 0.3) is 5.91 Å². The van der Waals surface area contributed by atoms with E-state index in [-0.39, 0.29) is 10.9 Å². The number of likely N-dealkylation sites (tertiary alicyclic amines) is 1. The van der Waals surface area contributed by atoms with Crippen molar-refractivity contribution >= 4 is 40.8 Å². The molecule has 1 aromatic rings. The maximum atomic E-state index is 12.6. The maximum Gasteiger partial charge on any atom is 0.329 e. The molecule has 0 aromatic heterocycles.